The number of nitrogens with one attached hydrogen (secondary N) is 1. The number of benzene rings is 2. The zero-order chi connectivity index (χ0) is 27.7. The van der Waals surface area contributed by atoms with Crippen LogP contribution in [0.25, 0.3) is 5.69 Å². The average molecular weight is 521 g/mol. The Morgan fingerprint density at radius 2 is 1.71 bits per heavy atom. The Morgan fingerprint density at radius 3 is 2.32 bits per heavy atom. The molecule has 8 nitrogen and oxygen atoms in total. The molecule has 0 saturated carbocycles. The van der Waals surface area contributed by atoms with Crippen LogP contribution in [0, 0.1) is 6.92 Å². The summed E-state index contributed by atoms with van der Waals surface area (Å²) in [5, 5.41) is 7.74. The van der Waals surface area contributed by atoms with Crippen LogP contribution in [0.5, 0.6) is 5.75 Å². The first-order chi connectivity index (χ1) is 18.1. The van der Waals surface area contributed by atoms with E-state index in [1.54, 1.807) is 36.1 Å². The molecule has 3 aromatic rings. The van der Waals surface area contributed by atoms with Gasteiger partial charge in [0.25, 0.3) is 5.91 Å². The van der Waals surface area contributed by atoms with Gasteiger partial charge in [0.05, 0.1) is 24.6 Å². The van der Waals surface area contributed by atoms with Crippen molar-refractivity contribution in [1.29, 1.82) is 0 Å². The zero-order valence-electron chi connectivity index (χ0n) is 23.4. The molecule has 0 atom stereocenters. The predicted molar refractivity (Wildman–Crippen MR) is 150 cm³/mol. The third-order valence-corrected chi connectivity index (χ3v) is 6.08. The molecule has 0 aliphatic rings. The number of carbonyl (C=O) groups excluding carboxylic acids is 2. The summed E-state index contributed by atoms with van der Waals surface area (Å²) >= 11 is 0. The molecule has 3 rings (SSSR count). The molecule has 0 bridgehead atoms. The Kier molecular flexibility index (Phi) is 10.1. The van der Waals surface area contributed by atoms with Crippen molar-refractivity contribution in [2.45, 2.75) is 52.9 Å². The van der Waals surface area contributed by atoms with E-state index in [0.29, 0.717) is 24.6 Å². The highest BCUT2D eigenvalue weighted by Gasteiger charge is 2.23. The van der Waals surface area contributed by atoms with E-state index in [1.165, 1.54) is 4.90 Å². The second-order valence-corrected chi connectivity index (χ2v) is 10.4. The molecule has 204 valence electrons. The fourth-order valence-corrected chi connectivity index (χ4v) is 3.74. The highest BCUT2D eigenvalue weighted by atomic mass is 16.5. The van der Waals surface area contributed by atoms with E-state index in [-0.39, 0.29) is 30.3 Å². The summed E-state index contributed by atoms with van der Waals surface area (Å²) < 4.78 is 12.6. The zero-order valence-corrected chi connectivity index (χ0v) is 23.4. The van der Waals surface area contributed by atoms with Gasteiger partial charge in [0.2, 0.25) is 5.91 Å². The molecule has 1 N–H and O–H groups in total. The van der Waals surface area contributed by atoms with Crippen LogP contribution in [0.3, 0.4) is 0 Å². The number of aryl methyl sites for hydroxylation is 1. The van der Waals surface area contributed by atoms with Gasteiger partial charge in [-0.2, -0.15) is 5.10 Å². The number of methoxy groups -OCH3 is 1. The van der Waals surface area contributed by atoms with Crippen LogP contribution in [0.4, 0.5) is 5.82 Å². The van der Waals surface area contributed by atoms with Gasteiger partial charge < -0.3 is 19.7 Å². The Morgan fingerprint density at radius 1 is 1.03 bits per heavy atom. The number of rotatable bonds is 12. The maximum atomic E-state index is 13.3. The minimum absolute atomic E-state index is 0.124. The van der Waals surface area contributed by atoms with Gasteiger partial charge in [-0.25, -0.2) is 4.68 Å². The lowest BCUT2D eigenvalue weighted by Gasteiger charge is -2.22. The van der Waals surface area contributed by atoms with Crippen molar-refractivity contribution in [3.8, 4) is 11.4 Å². The van der Waals surface area contributed by atoms with Crippen molar-refractivity contribution >= 4 is 17.6 Å². The van der Waals surface area contributed by atoms with Crippen LogP contribution in [0.1, 0.15) is 62.2 Å². The summed E-state index contributed by atoms with van der Waals surface area (Å²) in [4.78, 5) is 28.0. The van der Waals surface area contributed by atoms with Crippen molar-refractivity contribution in [3.05, 3.63) is 71.4 Å². The average Bonchev–Trinajstić information content (AvgIpc) is 3.31. The van der Waals surface area contributed by atoms with Gasteiger partial charge in [-0.05, 0) is 49.7 Å². The molecule has 8 heteroatoms. The molecule has 0 aliphatic heterocycles. The molecule has 1 heterocycles. The smallest absolute Gasteiger partial charge is 0.254 e. The molecule has 0 spiro atoms. The quantitative estimate of drug-likeness (QED) is 0.324. The number of hydrogen-bond donors (Lipinski definition) is 1. The summed E-state index contributed by atoms with van der Waals surface area (Å²) in [7, 11) is 1.57. The van der Waals surface area contributed by atoms with Gasteiger partial charge in [0.15, 0.2) is 0 Å². The second kappa shape index (κ2) is 13.2. The molecular weight excluding hydrogens is 480 g/mol. The third kappa shape index (κ3) is 7.92. The number of ether oxygens (including phenoxy) is 2. The van der Waals surface area contributed by atoms with Crippen LogP contribution < -0.4 is 10.1 Å². The number of nitrogens with zero attached hydrogens (tertiary/aromatic N) is 3. The third-order valence-electron chi connectivity index (χ3n) is 6.08. The van der Waals surface area contributed by atoms with Crippen LogP contribution in [-0.4, -0.2) is 59.9 Å². The number of unbranched alkanes of at least 4 members (excludes halogenated alkanes) is 1. The fourth-order valence-electron chi connectivity index (χ4n) is 3.74. The van der Waals surface area contributed by atoms with Gasteiger partial charge in [-0.15, -0.1) is 0 Å². The predicted octanol–water partition coefficient (Wildman–Crippen LogP) is 5.38. The summed E-state index contributed by atoms with van der Waals surface area (Å²) in [6.07, 6.45) is 2.02. The molecule has 0 fully saturated rings. The van der Waals surface area contributed by atoms with Gasteiger partial charge >= 0.3 is 0 Å². The maximum Gasteiger partial charge on any atom is 0.254 e. The molecule has 2 aromatic carbocycles. The van der Waals surface area contributed by atoms with Crippen molar-refractivity contribution in [1.82, 2.24) is 14.7 Å². The Bertz CT molecular complexity index is 1190. The van der Waals surface area contributed by atoms with Gasteiger partial charge in [-0.3, -0.25) is 9.59 Å². The molecule has 0 saturated heterocycles. The molecule has 38 heavy (non-hydrogen) atoms. The second-order valence-electron chi connectivity index (χ2n) is 10.4. The van der Waals surface area contributed by atoms with E-state index in [9.17, 15) is 9.59 Å². The maximum absolute atomic E-state index is 13.3. The van der Waals surface area contributed by atoms with E-state index in [0.717, 1.165) is 35.5 Å². The fraction of sp³-hybridized carbons (Fsp3) is 0.433. The number of aromatic nitrogens is 2. The van der Waals surface area contributed by atoms with Crippen LogP contribution in [-0.2, 0) is 14.9 Å². The summed E-state index contributed by atoms with van der Waals surface area (Å²) in [5.74, 6) is 0.703. The lowest BCUT2D eigenvalue weighted by molar-refractivity contribution is -0.117. The minimum Gasteiger partial charge on any atom is -0.494 e. The van der Waals surface area contributed by atoms with Gasteiger partial charge in [0.1, 0.15) is 18.1 Å². The Balaban J connectivity index is 1.78. The van der Waals surface area contributed by atoms with Crippen LogP contribution in [0.15, 0.2) is 54.6 Å². The van der Waals surface area contributed by atoms with Crippen LogP contribution >= 0.6 is 0 Å². The van der Waals surface area contributed by atoms with Crippen molar-refractivity contribution in [2.24, 2.45) is 0 Å². The highest BCUT2D eigenvalue weighted by Crippen LogP contribution is 2.26. The van der Waals surface area contributed by atoms with Crippen LogP contribution in [0.2, 0.25) is 0 Å². The van der Waals surface area contributed by atoms with Gasteiger partial charge in [-0.1, -0.05) is 51.8 Å². The Labute approximate surface area is 225 Å². The summed E-state index contributed by atoms with van der Waals surface area (Å²) in [6, 6.07) is 16.8. The highest BCUT2D eigenvalue weighted by molar-refractivity contribution is 5.99. The summed E-state index contributed by atoms with van der Waals surface area (Å²) in [5.41, 5.74) is 3.10. The van der Waals surface area contributed by atoms with Crippen molar-refractivity contribution in [3.63, 3.8) is 0 Å². The molecule has 2 amide bonds. The van der Waals surface area contributed by atoms with E-state index in [2.05, 4.69) is 33.0 Å². The topological polar surface area (TPSA) is 85.7 Å². The molecule has 0 aliphatic carbocycles. The number of hydrogen-bond acceptors (Lipinski definition) is 5. The summed E-state index contributed by atoms with van der Waals surface area (Å²) in [6.45, 7) is 11.5. The first-order valence-corrected chi connectivity index (χ1v) is 13.1. The number of carbonyl (C=O) groups is 2. The SMILES string of the molecule is CCCCOc1ccc(C(=O)N(CCOC)CC(=O)Nc2cc(C(C)(C)C)nn2-c2ccc(C)cc2)cc1. The standard InChI is InChI=1S/C30H40N4O4/c1-7-8-18-38-25-15-11-23(12-16-25)29(36)33(17-19-37-6)21-28(35)31-27-20-26(30(3,4)5)32-34(27)24-13-9-22(2)10-14-24/h9-16,20H,7-8,17-19,21H2,1-6H3,(H,31,35). The van der Waals surface area contributed by atoms with E-state index >= 15 is 0 Å². The molecular formula is C30H40N4O4. The lowest BCUT2D eigenvalue weighted by atomic mass is 9.92. The monoisotopic (exact) mass is 520 g/mol. The number of anilines is 1. The van der Waals surface area contributed by atoms with Crippen molar-refractivity contribution < 1.29 is 19.1 Å². The van der Waals surface area contributed by atoms with E-state index in [1.807, 2.05) is 37.3 Å². The normalized spacial score (nSPS) is 11.3. The molecule has 0 unspecified atom stereocenters. The van der Waals surface area contributed by atoms with E-state index < -0.39 is 0 Å². The molecule has 1 aromatic heterocycles. The first kappa shape index (κ1) is 28.9. The Hall–Kier alpha value is -3.65. The molecule has 0 radical (unpaired) electrons. The minimum atomic E-state index is -0.317. The lowest BCUT2D eigenvalue weighted by Crippen LogP contribution is -2.40. The van der Waals surface area contributed by atoms with Crippen molar-refractivity contribution in [2.75, 3.05) is 38.7 Å². The van der Waals surface area contributed by atoms with Gasteiger partial charge in [0, 0.05) is 30.7 Å². The largest absolute Gasteiger partial charge is 0.494 e. The first-order valence-electron chi connectivity index (χ1n) is 13.1. The number of amides is 2. The van der Waals surface area contributed by atoms with E-state index in [4.69, 9.17) is 14.6 Å².